The number of carboxylic acids is 1. The SMILES string of the molecule is COCC1CN(Cc2ccccn2)Cc2cn(C)nc21.O=C(O)C(F)(F)F. The van der Waals surface area contributed by atoms with Crippen molar-refractivity contribution in [2.24, 2.45) is 7.05 Å². The quantitative estimate of drug-likeness (QED) is 0.868. The Kier molecular flexibility index (Phi) is 6.92. The van der Waals surface area contributed by atoms with Crippen molar-refractivity contribution in [2.75, 3.05) is 20.3 Å². The molecule has 10 heteroatoms. The minimum absolute atomic E-state index is 0.341. The van der Waals surface area contributed by atoms with Crippen LogP contribution in [0.4, 0.5) is 13.2 Å². The van der Waals surface area contributed by atoms with Crippen LogP contribution in [0.2, 0.25) is 0 Å². The van der Waals surface area contributed by atoms with Gasteiger partial charge in [-0.05, 0) is 12.1 Å². The maximum atomic E-state index is 10.6. The number of hydrogen-bond acceptors (Lipinski definition) is 5. The molecule has 0 spiro atoms. The Morgan fingerprint density at radius 2 is 2.11 bits per heavy atom. The number of pyridine rings is 1. The molecule has 0 fully saturated rings. The monoisotopic (exact) mass is 386 g/mol. The smallest absolute Gasteiger partial charge is 0.475 e. The molecular formula is C17H21F3N4O3. The Labute approximate surface area is 154 Å². The van der Waals surface area contributed by atoms with Crippen LogP contribution in [0, 0.1) is 0 Å². The molecule has 1 N–H and O–H groups in total. The Morgan fingerprint density at radius 1 is 1.41 bits per heavy atom. The molecule has 7 nitrogen and oxygen atoms in total. The Balaban J connectivity index is 0.000000321. The first-order valence-electron chi connectivity index (χ1n) is 8.14. The molecule has 0 saturated carbocycles. The number of aromatic nitrogens is 3. The van der Waals surface area contributed by atoms with Gasteiger partial charge >= 0.3 is 12.1 Å². The zero-order chi connectivity index (χ0) is 20.0. The van der Waals surface area contributed by atoms with Crippen molar-refractivity contribution in [2.45, 2.75) is 25.2 Å². The van der Waals surface area contributed by atoms with E-state index < -0.39 is 12.1 Å². The molecule has 27 heavy (non-hydrogen) atoms. The van der Waals surface area contributed by atoms with Crippen molar-refractivity contribution in [1.82, 2.24) is 19.7 Å². The van der Waals surface area contributed by atoms with Crippen LogP contribution >= 0.6 is 0 Å². The molecule has 0 amide bonds. The largest absolute Gasteiger partial charge is 0.490 e. The molecule has 1 aliphatic heterocycles. The minimum atomic E-state index is -5.08. The van der Waals surface area contributed by atoms with Crippen LogP contribution < -0.4 is 0 Å². The standard InChI is InChI=1S/C15H20N4O.C2HF3O2/c1-18-7-12-8-19(10-14-5-3-4-6-16-14)9-13(11-20-2)15(12)17-18;3-2(4,5)1(6)7/h3-7,13H,8-11H2,1-2H3;(H,6,7). The van der Waals surface area contributed by atoms with Crippen LogP contribution in [0.3, 0.4) is 0 Å². The van der Waals surface area contributed by atoms with Gasteiger partial charge in [0, 0.05) is 57.7 Å². The summed E-state index contributed by atoms with van der Waals surface area (Å²) in [6.07, 6.45) is -1.12. The summed E-state index contributed by atoms with van der Waals surface area (Å²) in [5.41, 5.74) is 3.60. The van der Waals surface area contributed by atoms with Crippen LogP contribution in [0.5, 0.6) is 0 Å². The molecule has 1 aliphatic rings. The van der Waals surface area contributed by atoms with Crippen LogP contribution in [0.15, 0.2) is 30.6 Å². The molecule has 2 aromatic rings. The van der Waals surface area contributed by atoms with E-state index >= 15 is 0 Å². The van der Waals surface area contributed by atoms with Crippen molar-refractivity contribution in [1.29, 1.82) is 0 Å². The normalized spacial score (nSPS) is 17.0. The topological polar surface area (TPSA) is 80.5 Å². The molecule has 0 radical (unpaired) electrons. The van der Waals surface area contributed by atoms with Gasteiger partial charge in [0.1, 0.15) is 0 Å². The zero-order valence-electron chi connectivity index (χ0n) is 15.0. The number of rotatable bonds is 4. The minimum Gasteiger partial charge on any atom is -0.475 e. The fourth-order valence-corrected chi connectivity index (χ4v) is 2.90. The summed E-state index contributed by atoms with van der Waals surface area (Å²) in [4.78, 5) is 15.7. The van der Waals surface area contributed by atoms with E-state index in [9.17, 15) is 13.2 Å². The van der Waals surface area contributed by atoms with Crippen molar-refractivity contribution in [3.63, 3.8) is 0 Å². The van der Waals surface area contributed by atoms with E-state index in [1.807, 2.05) is 30.1 Å². The van der Waals surface area contributed by atoms with Crippen molar-refractivity contribution < 1.29 is 27.8 Å². The van der Waals surface area contributed by atoms with Gasteiger partial charge in [0.15, 0.2) is 0 Å². The summed E-state index contributed by atoms with van der Waals surface area (Å²) in [5.74, 6) is -2.42. The van der Waals surface area contributed by atoms with Crippen LogP contribution in [-0.4, -0.2) is 57.2 Å². The fourth-order valence-electron chi connectivity index (χ4n) is 2.90. The fraction of sp³-hybridized carbons (Fsp3) is 0.471. The van der Waals surface area contributed by atoms with Crippen molar-refractivity contribution in [3.05, 3.63) is 47.5 Å². The highest BCUT2D eigenvalue weighted by Crippen LogP contribution is 2.28. The predicted octanol–water partition coefficient (Wildman–Crippen LogP) is 2.19. The number of alkyl halides is 3. The van der Waals surface area contributed by atoms with E-state index in [0.29, 0.717) is 12.5 Å². The molecule has 1 atom stereocenters. The maximum absolute atomic E-state index is 10.6. The number of carboxylic acid groups (broad SMARTS) is 1. The van der Waals surface area contributed by atoms with Crippen LogP contribution in [-0.2, 0) is 29.7 Å². The first kappa shape index (κ1) is 20.8. The summed E-state index contributed by atoms with van der Waals surface area (Å²) in [7, 11) is 3.73. The third-order valence-corrected chi connectivity index (χ3v) is 3.92. The van der Waals surface area contributed by atoms with Crippen molar-refractivity contribution in [3.8, 4) is 0 Å². The van der Waals surface area contributed by atoms with E-state index in [1.54, 1.807) is 7.11 Å². The third-order valence-electron chi connectivity index (χ3n) is 3.92. The average molecular weight is 386 g/mol. The zero-order valence-corrected chi connectivity index (χ0v) is 15.0. The lowest BCUT2D eigenvalue weighted by atomic mass is 9.97. The number of hydrogen-bond donors (Lipinski definition) is 1. The number of ether oxygens (including phenoxy) is 1. The van der Waals surface area contributed by atoms with E-state index in [2.05, 4.69) is 27.2 Å². The van der Waals surface area contributed by atoms with E-state index in [4.69, 9.17) is 14.6 Å². The Hall–Kier alpha value is -2.46. The first-order valence-corrected chi connectivity index (χ1v) is 8.14. The number of nitrogens with zero attached hydrogens (tertiary/aromatic N) is 4. The van der Waals surface area contributed by atoms with Gasteiger partial charge in [-0.2, -0.15) is 18.3 Å². The van der Waals surface area contributed by atoms with Gasteiger partial charge < -0.3 is 9.84 Å². The molecular weight excluding hydrogens is 365 g/mol. The third kappa shape index (κ3) is 6.04. The summed E-state index contributed by atoms with van der Waals surface area (Å²) >= 11 is 0. The average Bonchev–Trinajstić information content (AvgIpc) is 2.96. The van der Waals surface area contributed by atoms with E-state index in [0.717, 1.165) is 25.3 Å². The van der Waals surface area contributed by atoms with E-state index in [1.165, 1.54) is 11.3 Å². The molecule has 0 bridgehead atoms. The highest BCUT2D eigenvalue weighted by molar-refractivity contribution is 5.73. The lowest BCUT2D eigenvalue weighted by Crippen LogP contribution is -2.34. The van der Waals surface area contributed by atoms with Gasteiger partial charge in [0.2, 0.25) is 0 Å². The maximum Gasteiger partial charge on any atom is 0.490 e. The summed E-state index contributed by atoms with van der Waals surface area (Å²) in [6.45, 7) is 3.48. The second-order valence-electron chi connectivity index (χ2n) is 6.16. The van der Waals surface area contributed by atoms with Gasteiger partial charge in [0.05, 0.1) is 18.0 Å². The second-order valence-corrected chi connectivity index (χ2v) is 6.16. The summed E-state index contributed by atoms with van der Waals surface area (Å²) in [6, 6.07) is 6.06. The number of carbonyl (C=O) groups is 1. The van der Waals surface area contributed by atoms with Gasteiger partial charge in [-0.3, -0.25) is 14.6 Å². The summed E-state index contributed by atoms with van der Waals surface area (Å²) in [5, 5.41) is 11.7. The molecule has 2 aromatic heterocycles. The van der Waals surface area contributed by atoms with Gasteiger partial charge in [-0.25, -0.2) is 4.79 Å². The molecule has 0 aromatic carbocycles. The molecule has 0 aliphatic carbocycles. The van der Waals surface area contributed by atoms with E-state index in [-0.39, 0.29) is 0 Å². The predicted molar refractivity (Wildman–Crippen MR) is 89.9 cm³/mol. The second kappa shape index (κ2) is 8.96. The lowest BCUT2D eigenvalue weighted by Gasteiger charge is -2.31. The summed E-state index contributed by atoms with van der Waals surface area (Å²) < 4.78 is 39.0. The van der Waals surface area contributed by atoms with Crippen LogP contribution in [0.1, 0.15) is 22.9 Å². The van der Waals surface area contributed by atoms with Gasteiger partial charge in [-0.1, -0.05) is 6.07 Å². The molecule has 3 heterocycles. The van der Waals surface area contributed by atoms with Gasteiger partial charge in [0.25, 0.3) is 0 Å². The number of halogens is 3. The lowest BCUT2D eigenvalue weighted by molar-refractivity contribution is -0.192. The number of aliphatic carboxylic acids is 1. The van der Waals surface area contributed by atoms with Crippen molar-refractivity contribution >= 4 is 5.97 Å². The molecule has 3 rings (SSSR count). The number of methoxy groups -OCH3 is 1. The number of fused-ring (bicyclic) bond motifs is 1. The highest BCUT2D eigenvalue weighted by Gasteiger charge is 2.38. The van der Waals surface area contributed by atoms with Crippen LogP contribution in [0.25, 0.3) is 0 Å². The molecule has 1 unspecified atom stereocenters. The Bertz CT molecular complexity index is 750. The Morgan fingerprint density at radius 3 is 2.67 bits per heavy atom. The first-order chi connectivity index (χ1) is 12.7. The number of aryl methyl sites for hydroxylation is 1. The molecule has 0 saturated heterocycles. The molecule has 148 valence electrons. The highest BCUT2D eigenvalue weighted by atomic mass is 19.4. The van der Waals surface area contributed by atoms with Gasteiger partial charge in [-0.15, -0.1) is 0 Å².